The van der Waals surface area contributed by atoms with Gasteiger partial charge in [-0.1, -0.05) is 70.2 Å². The Morgan fingerprint density at radius 1 is 1.10 bits per heavy atom. The van der Waals surface area contributed by atoms with Crippen LogP contribution in [-0.2, 0) is 0 Å². The van der Waals surface area contributed by atoms with Crippen LogP contribution in [0.15, 0.2) is 22.7 Å². The number of anilines is 1. The Kier molecular flexibility index (Phi) is 9.68. The van der Waals surface area contributed by atoms with Gasteiger partial charge in [-0.2, -0.15) is 0 Å². The monoisotopic (exact) mass is 370 g/mol. The Bertz CT molecular complexity index is 435. The number of benzene rings is 1. The SMILES string of the molecule is CCCCCCCCCCNc1cccc(Br)c1C(N)=S. The Morgan fingerprint density at radius 3 is 2.33 bits per heavy atom. The molecule has 0 aliphatic rings. The van der Waals surface area contributed by atoms with Gasteiger partial charge in [0.15, 0.2) is 0 Å². The molecule has 0 bridgehead atoms. The largest absolute Gasteiger partial charge is 0.389 e. The van der Waals surface area contributed by atoms with E-state index in [4.69, 9.17) is 18.0 Å². The Labute approximate surface area is 143 Å². The quantitative estimate of drug-likeness (QED) is 0.391. The zero-order valence-electron chi connectivity index (χ0n) is 13.0. The average molecular weight is 371 g/mol. The number of hydrogen-bond acceptors (Lipinski definition) is 2. The average Bonchev–Trinajstić information content (AvgIpc) is 2.45. The van der Waals surface area contributed by atoms with E-state index in [0.29, 0.717) is 4.99 Å². The number of rotatable bonds is 11. The van der Waals surface area contributed by atoms with Crippen molar-refractivity contribution >= 4 is 38.8 Å². The van der Waals surface area contributed by atoms with Crippen LogP contribution in [0.4, 0.5) is 5.69 Å². The third kappa shape index (κ3) is 7.28. The lowest BCUT2D eigenvalue weighted by atomic mass is 10.1. The summed E-state index contributed by atoms with van der Waals surface area (Å²) in [5.74, 6) is 0. The fourth-order valence-electron chi connectivity index (χ4n) is 2.40. The summed E-state index contributed by atoms with van der Waals surface area (Å²) in [6.45, 7) is 3.23. The van der Waals surface area contributed by atoms with Crippen molar-refractivity contribution in [3.05, 3.63) is 28.2 Å². The van der Waals surface area contributed by atoms with Crippen molar-refractivity contribution in [2.75, 3.05) is 11.9 Å². The minimum Gasteiger partial charge on any atom is -0.389 e. The van der Waals surface area contributed by atoms with Gasteiger partial charge in [-0.3, -0.25) is 0 Å². The molecule has 3 N–H and O–H groups in total. The fraction of sp³-hybridized carbons (Fsp3) is 0.588. The van der Waals surface area contributed by atoms with Crippen molar-refractivity contribution in [1.82, 2.24) is 0 Å². The van der Waals surface area contributed by atoms with E-state index < -0.39 is 0 Å². The molecule has 0 unspecified atom stereocenters. The number of hydrogen-bond donors (Lipinski definition) is 2. The summed E-state index contributed by atoms with van der Waals surface area (Å²) < 4.78 is 0.955. The highest BCUT2D eigenvalue weighted by Crippen LogP contribution is 2.24. The molecule has 0 spiro atoms. The number of nitrogens with two attached hydrogens (primary N) is 1. The normalized spacial score (nSPS) is 10.6. The minimum atomic E-state index is 0.431. The molecular weight excluding hydrogens is 344 g/mol. The van der Waals surface area contributed by atoms with E-state index in [2.05, 4.69) is 28.2 Å². The van der Waals surface area contributed by atoms with E-state index in [1.165, 1.54) is 51.4 Å². The van der Waals surface area contributed by atoms with Gasteiger partial charge < -0.3 is 11.1 Å². The van der Waals surface area contributed by atoms with E-state index in [9.17, 15) is 0 Å². The maximum atomic E-state index is 5.79. The van der Waals surface area contributed by atoms with Gasteiger partial charge >= 0.3 is 0 Å². The van der Waals surface area contributed by atoms with Crippen molar-refractivity contribution in [3.63, 3.8) is 0 Å². The summed E-state index contributed by atoms with van der Waals surface area (Å²) in [4.78, 5) is 0.431. The first-order valence-electron chi connectivity index (χ1n) is 7.99. The number of unbranched alkanes of at least 4 members (excludes halogenated alkanes) is 7. The lowest BCUT2D eigenvalue weighted by Gasteiger charge is -2.12. The van der Waals surface area contributed by atoms with Gasteiger partial charge in [0.25, 0.3) is 0 Å². The second-order valence-corrected chi connectivity index (χ2v) is 6.72. The molecule has 21 heavy (non-hydrogen) atoms. The summed E-state index contributed by atoms with van der Waals surface area (Å²) in [5, 5.41) is 3.45. The molecule has 4 heteroatoms. The predicted molar refractivity (Wildman–Crippen MR) is 101 cm³/mol. The van der Waals surface area contributed by atoms with E-state index in [0.717, 1.165) is 22.3 Å². The van der Waals surface area contributed by atoms with Gasteiger partial charge in [-0.15, -0.1) is 0 Å². The molecule has 1 rings (SSSR count). The van der Waals surface area contributed by atoms with Crippen LogP contribution in [0.1, 0.15) is 63.9 Å². The molecule has 0 heterocycles. The maximum Gasteiger partial charge on any atom is 0.107 e. The highest BCUT2D eigenvalue weighted by atomic mass is 79.9. The highest BCUT2D eigenvalue weighted by Gasteiger charge is 2.08. The van der Waals surface area contributed by atoms with Gasteiger partial charge in [0, 0.05) is 22.3 Å². The second-order valence-electron chi connectivity index (χ2n) is 5.43. The topological polar surface area (TPSA) is 38.0 Å². The van der Waals surface area contributed by atoms with Gasteiger partial charge in [0.2, 0.25) is 0 Å². The molecule has 0 saturated carbocycles. The van der Waals surface area contributed by atoms with Crippen LogP contribution in [0.25, 0.3) is 0 Å². The lowest BCUT2D eigenvalue weighted by Crippen LogP contribution is -2.14. The van der Waals surface area contributed by atoms with Crippen LogP contribution in [-0.4, -0.2) is 11.5 Å². The van der Waals surface area contributed by atoms with Crippen molar-refractivity contribution in [1.29, 1.82) is 0 Å². The first kappa shape index (κ1) is 18.4. The zero-order valence-corrected chi connectivity index (χ0v) is 15.4. The smallest absolute Gasteiger partial charge is 0.107 e. The summed E-state index contributed by atoms with van der Waals surface area (Å²) in [6, 6.07) is 6.00. The first-order valence-corrected chi connectivity index (χ1v) is 9.19. The standard InChI is InChI=1S/C17H27BrN2S/c1-2-3-4-5-6-7-8-9-13-20-15-12-10-11-14(18)16(15)17(19)21/h10-12,20H,2-9,13H2,1H3,(H2,19,21). The number of halogens is 1. The van der Waals surface area contributed by atoms with Crippen LogP contribution in [0, 0.1) is 0 Å². The Balaban J connectivity index is 2.21. The van der Waals surface area contributed by atoms with Crippen LogP contribution < -0.4 is 11.1 Å². The second kappa shape index (κ2) is 11.0. The molecule has 0 amide bonds. The third-order valence-electron chi connectivity index (χ3n) is 3.61. The van der Waals surface area contributed by atoms with Gasteiger partial charge in [0.05, 0.1) is 0 Å². The molecule has 0 fully saturated rings. The van der Waals surface area contributed by atoms with Crippen molar-refractivity contribution in [3.8, 4) is 0 Å². The molecule has 118 valence electrons. The molecule has 0 saturated heterocycles. The zero-order chi connectivity index (χ0) is 15.5. The summed E-state index contributed by atoms with van der Waals surface area (Å²) in [6.07, 6.45) is 10.7. The molecule has 2 nitrogen and oxygen atoms in total. The van der Waals surface area contributed by atoms with Crippen LogP contribution in [0.2, 0.25) is 0 Å². The van der Waals surface area contributed by atoms with E-state index in [-0.39, 0.29) is 0 Å². The van der Waals surface area contributed by atoms with E-state index >= 15 is 0 Å². The van der Waals surface area contributed by atoms with E-state index in [1.54, 1.807) is 0 Å². The fourth-order valence-corrected chi connectivity index (χ4v) is 3.33. The van der Waals surface area contributed by atoms with Gasteiger partial charge in [-0.25, -0.2) is 0 Å². The summed E-state index contributed by atoms with van der Waals surface area (Å²) in [7, 11) is 0. The van der Waals surface area contributed by atoms with Crippen molar-refractivity contribution in [2.45, 2.75) is 58.3 Å². The molecular formula is C17H27BrN2S. The summed E-state index contributed by atoms with van der Waals surface area (Å²) in [5.41, 5.74) is 7.72. The molecule has 0 aliphatic carbocycles. The van der Waals surface area contributed by atoms with E-state index in [1.807, 2.05) is 18.2 Å². The van der Waals surface area contributed by atoms with Crippen molar-refractivity contribution < 1.29 is 0 Å². The number of nitrogens with one attached hydrogen (secondary N) is 1. The molecule has 0 aromatic heterocycles. The third-order valence-corrected chi connectivity index (χ3v) is 4.47. The van der Waals surface area contributed by atoms with Gasteiger partial charge in [-0.05, 0) is 34.5 Å². The molecule has 0 atom stereocenters. The first-order chi connectivity index (χ1) is 10.2. The lowest BCUT2D eigenvalue weighted by molar-refractivity contribution is 0.581. The maximum absolute atomic E-state index is 5.79. The summed E-state index contributed by atoms with van der Waals surface area (Å²) >= 11 is 8.62. The predicted octanol–water partition coefficient (Wildman–Crippen LogP) is 5.64. The molecule has 1 aromatic rings. The Morgan fingerprint density at radius 2 is 1.71 bits per heavy atom. The van der Waals surface area contributed by atoms with Crippen molar-refractivity contribution in [2.24, 2.45) is 5.73 Å². The van der Waals surface area contributed by atoms with Crippen LogP contribution in [0.3, 0.4) is 0 Å². The Hall–Kier alpha value is -0.610. The minimum absolute atomic E-state index is 0.431. The van der Waals surface area contributed by atoms with Crippen LogP contribution in [0.5, 0.6) is 0 Å². The van der Waals surface area contributed by atoms with Gasteiger partial charge in [0.1, 0.15) is 4.99 Å². The number of thiocarbonyl (C=S) groups is 1. The van der Waals surface area contributed by atoms with Crippen LogP contribution >= 0.6 is 28.1 Å². The molecule has 0 radical (unpaired) electrons. The molecule has 1 aromatic carbocycles. The molecule has 0 aliphatic heterocycles. The highest BCUT2D eigenvalue weighted by molar-refractivity contribution is 9.10.